The number of alkyl halides is 1. The lowest BCUT2D eigenvalue weighted by Crippen LogP contribution is -2.12. The summed E-state index contributed by atoms with van der Waals surface area (Å²) >= 11 is 3.05. The summed E-state index contributed by atoms with van der Waals surface area (Å²) in [5.41, 5.74) is 0.377. The zero-order valence-corrected chi connectivity index (χ0v) is 10.1. The highest BCUT2D eigenvalue weighted by molar-refractivity contribution is 9.09. The number of rotatable bonds is 3. The van der Waals surface area contributed by atoms with E-state index in [0.29, 0.717) is 0 Å². The van der Waals surface area contributed by atoms with E-state index in [1.165, 1.54) is 12.1 Å². The number of carbonyl (C=O) groups is 1. The summed E-state index contributed by atoms with van der Waals surface area (Å²) in [5, 5.41) is 8.56. The van der Waals surface area contributed by atoms with Gasteiger partial charge in [-0.1, -0.05) is 22.0 Å². The summed E-state index contributed by atoms with van der Waals surface area (Å²) < 4.78 is 18.3. The van der Waals surface area contributed by atoms with Crippen molar-refractivity contribution in [3.05, 3.63) is 35.1 Å². The predicted octanol–water partition coefficient (Wildman–Crippen LogP) is 2.70. The van der Waals surface area contributed by atoms with Gasteiger partial charge in [0.15, 0.2) is 0 Å². The summed E-state index contributed by atoms with van der Waals surface area (Å²) in [5.74, 6) is -1.15. The minimum atomic E-state index is -0.847. The standard InChI is InChI=1S/C11H9BrFNO2/c1-2-16-11(15)10(12)8-4-3-7(6-14)5-9(8)13/h3-5,10H,2H2,1H3. The van der Waals surface area contributed by atoms with Crippen LogP contribution in [0.5, 0.6) is 0 Å². The van der Waals surface area contributed by atoms with E-state index in [4.69, 9.17) is 10.00 Å². The van der Waals surface area contributed by atoms with Gasteiger partial charge >= 0.3 is 5.97 Å². The Bertz CT molecular complexity index is 442. The third kappa shape index (κ3) is 2.80. The topological polar surface area (TPSA) is 50.1 Å². The van der Waals surface area contributed by atoms with Gasteiger partial charge in [0.1, 0.15) is 10.6 Å². The molecule has 0 saturated heterocycles. The zero-order chi connectivity index (χ0) is 12.1. The Hall–Kier alpha value is -1.41. The molecule has 0 radical (unpaired) electrons. The fourth-order valence-electron chi connectivity index (χ4n) is 1.14. The molecular formula is C11H9BrFNO2. The number of nitrogens with zero attached hydrogens (tertiary/aromatic N) is 1. The highest BCUT2D eigenvalue weighted by Gasteiger charge is 2.21. The van der Waals surface area contributed by atoms with E-state index in [0.717, 1.165) is 6.07 Å². The molecule has 0 amide bonds. The van der Waals surface area contributed by atoms with Gasteiger partial charge in [0.25, 0.3) is 0 Å². The third-order valence-corrected chi connectivity index (χ3v) is 2.76. The molecular weight excluding hydrogens is 277 g/mol. The van der Waals surface area contributed by atoms with E-state index >= 15 is 0 Å². The van der Waals surface area contributed by atoms with Gasteiger partial charge < -0.3 is 4.74 Å². The number of ether oxygens (including phenoxy) is 1. The SMILES string of the molecule is CCOC(=O)C(Br)c1ccc(C#N)cc1F. The molecule has 1 atom stereocenters. The number of halogens is 2. The Labute approximate surface area is 101 Å². The first-order valence-corrected chi connectivity index (χ1v) is 5.52. The van der Waals surface area contributed by atoms with Gasteiger partial charge in [-0.3, -0.25) is 4.79 Å². The molecule has 1 rings (SSSR count). The van der Waals surface area contributed by atoms with Crippen molar-refractivity contribution in [1.29, 1.82) is 5.26 Å². The molecule has 1 unspecified atom stereocenters. The van der Waals surface area contributed by atoms with Crippen molar-refractivity contribution >= 4 is 21.9 Å². The summed E-state index contributed by atoms with van der Waals surface area (Å²) in [6, 6.07) is 5.75. The number of carbonyl (C=O) groups excluding carboxylic acids is 1. The number of esters is 1. The molecule has 0 aliphatic heterocycles. The van der Waals surface area contributed by atoms with Crippen molar-refractivity contribution in [3.8, 4) is 6.07 Å². The van der Waals surface area contributed by atoms with Crippen LogP contribution in [0.2, 0.25) is 0 Å². The van der Waals surface area contributed by atoms with Crippen LogP contribution in [0, 0.1) is 17.1 Å². The Morgan fingerprint density at radius 1 is 1.69 bits per heavy atom. The van der Waals surface area contributed by atoms with E-state index in [1.807, 2.05) is 6.07 Å². The second-order valence-corrected chi connectivity index (χ2v) is 3.88. The predicted molar refractivity (Wildman–Crippen MR) is 59.4 cm³/mol. The summed E-state index contributed by atoms with van der Waals surface area (Å²) in [6.45, 7) is 1.91. The maximum absolute atomic E-state index is 13.5. The van der Waals surface area contributed by atoms with E-state index in [-0.39, 0.29) is 17.7 Å². The number of hydrogen-bond acceptors (Lipinski definition) is 3. The average molecular weight is 286 g/mol. The summed E-state index contributed by atoms with van der Waals surface area (Å²) in [7, 11) is 0. The first-order chi connectivity index (χ1) is 7.60. The minimum Gasteiger partial charge on any atom is -0.465 e. The van der Waals surface area contributed by atoms with Crippen molar-refractivity contribution in [2.75, 3.05) is 6.61 Å². The summed E-state index contributed by atoms with van der Waals surface area (Å²) in [6.07, 6.45) is 0. The van der Waals surface area contributed by atoms with Crippen LogP contribution in [0.25, 0.3) is 0 Å². The number of hydrogen-bond donors (Lipinski definition) is 0. The van der Waals surface area contributed by atoms with Crippen LogP contribution in [0.1, 0.15) is 22.9 Å². The van der Waals surface area contributed by atoms with Crippen LogP contribution < -0.4 is 0 Å². The van der Waals surface area contributed by atoms with Crippen LogP contribution in [-0.2, 0) is 9.53 Å². The van der Waals surface area contributed by atoms with Gasteiger partial charge in [0, 0.05) is 5.56 Å². The molecule has 1 aromatic rings. The lowest BCUT2D eigenvalue weighted by molar-refractivity contribution is -0.142. The van der Waals surface area contributed by atoms with Crippen LogP contribution in [0.4, 0.5) is 4.39 Å². The van der Waals surface area contributed by atoms with Crippen molar-refractivity contribution in [2.45, 2.75) is 11.8 Å². The van der Waals surface area contributed by atoms with Crippen LogP contribution in [-0.4, -0.2) is 12.6 Å². The van der Waals surface area contributed by atoms with E-state index in [1.54, 1.807) is 6.92 Å². The molecule has 16 heavy (non-hydrogen) atoms. The highest BCUT2D eigenvalue weighted by Crippen LogP contribution is 2.27. The van der Waals surface area contributed by atoms with Gasteiger partial charge in [-0.05, 0) is 19.1 Å². The Kier molecular flexibility index (Phi) is 4.44. The molecule has 0 N–H and O–H groups in total. The lowest BCUT2D eigenvalue weighted by atomic mass is 10.1. The first kappa shape index (κ1) is 12.7. The van der Waals surface area contributed by atoms with Crippen LogP contribution in [0.15, 0.2) is 18.2 Å². The molecule has 84 valence electrons. The Morgan fingerprint density at radius 3 is 2.88 bits per heavy atom. The smallest absolute Gasteiger partial charge is 0.324 e. The molecule has 0 heterocycles. The van der Waals surface area contributed by atoms with Crippen LogP contribution in [0.3, 0.4) is 0 Å². The molecule has 0 saturated carbocycles. The fraction of sp³-hybridized carbons (Fsp3) is 0.273. The van der Waals surface area contributed by atoms with Crippen molar-refractivity contribution < 1.29 is 13.9 Å². The molecule has 0 bridgehead atoms. The van der Waals surface area contributed by atoms with E-state index in [2.05, 4.69) is 15.9 Å². The number of benzene rings is 1. The molecule has 0 fully saturated rings. The van der Waals surface area contributed by atoms with Crippen molar-refractivity contribution in [2.24, 2.45) is 0 Å². The Balaban J connectivity index is 2.97. The monoisotopic (exact) mass is 285 g/mol. The van der Waals surface area contributed by atoms with Crippen molar-refractivity contribution in [3.63, 3.8) is 0 Å². The van der Waals surface area contributed by atoms with Gasteiger partial charge in [0.05, 0.1) is 18.2 Å². The molecule has 5 heteroatoms. The maximum Gasteiger partial charge on any atom is 0.324 e. The van der Waals surface area contributed by atoms with E-state index in [9.17, 15) is 9.18 Å². The normalized spacial score (nSPS) is 11.6. The molecule has 0 aromatic heterocycles. The lowest BCUT2D eigenvalue weighted by Gasteiger charge is -2.10. The van der Waals surface area contributed by atoms with Gasteiger partial charge in [-0.15, -0.1) is 0 Å². The fourth-order valence-corrected chi connectivity index (χ4v) is 1.65. The third-order valence-electron chi connectivity index (χ3n) is 1.90. The van der Waals surface area contributed by atoms with Gasteiger partial charge in [0.2, 0.25) is 0 Å². The van der Waals surface area contributed by atoms with E-state index < -0.39 is 16.6 Å². The zero-order valence-electron chi connectivity index (χ0n) is 8.54. The molecule has 0 aliphatic rings. The van der Waals surface area contributed by atoms with Gasteiger partial charge in [-0.2, -0.15) is 5.26 Å². The quantitative estimate of drug-likeness (QED) is 0.634. The average Bonchev–Trinajstić information content (AvgIpc) is 2.28. The second-order valence-electron chi connectivity index (χ2n) is 2.96. The molecule has 0 spiro atoms. The minimum absolute atomic E-state index is 0.164. The molecule has 3 nitrogen and oxygen atoms in total. The molecule has 0 aliphatic carbocycles. The van der Waals surface area contributed by atoms with Crippen molar-refractivity contribution in [1.82, 2.24) is 0 Å². The maximum atomic E-state index is 13.5. The highest BCUT2D eigenvalue weighted by atomic mass is 79.9. The second kappa shape index (κ2) is 5.61. The molecule has 1 aromatic carbocycles. The first-order valence-electron chi connectivity index (χ1n) is 4.60. The summed E-state index contributed by atoms with van der Waals surface area (Å²) in [4.78, 5) is 10.5. The number of nitriles is 1. The van der Waals surface area contributed by atoms with Crippen LogP contribution >= 0.6 is 15.9 Å². The largest absolute Gasteiger partial charge is 0.465 e. The Morgan fingerprint density at radius 2 is 2.38 bits per heavy atom. The van der Waals surface area contributed by atoms with Gasteiger partial charge in [-0.25, -0.2) is 4.39 Å².